The Balaban J connectivity index is 1.68. The fraction of sp³-hybridized carbons (Fsp3) is 0.500. The lowest BCUT2D eigenvalue weighted by atomic mass is 9.90. The van der Waals surface area contributed by atoms with Crippen LogP contribution in [0.15, 0.2) is 23.4 Å². The van der Waals surface area contributed by atoms with Crippen LogP contribution in [-0.2, 0) is 26.0 Å². The van der Waals surface area contributed by atoms with Crippen molar-refractivity contribution in [2.45, 2.75) is 57.3 Å². The van der Waals surface area contributed by atoms with Crippen LogP contribution in [0.1, 0.15) is 53.5 Å². The first kappa shape index (κ1) is 17.2. The predicted octanol–water partition coefficient (Wildman–Crippen LogP) is 3.03. The average Bonchev–Trinajstić information content (AvgIpc) is 3.01. The van der Waals surface area contributed by atoms with E-state index in [-0.39, 0.29) is 12.4 Å². The van der Waals surface area contributed by atoms with Crippen LogP contribution in [0.4, 0.5) is 0 Å². The summed E-state index contributed by atoms with van der Waals surface area (Å²) in [6.07, 6.45) is 5.59. The SMILES string of the molecule is CCCn1c(CO)nnc1SCC(=O)c1ccc2c(c1)CCCC2. The Bertz CT molecular complexity index is 727. The number of fused-ring (bicyclic) bond motifs is 1. The van der Waals surface area contributed by atoms with Gasteiger partial charge in [0.1, 0.15) is 6.61 Å². The van der Waals surface area contributed by atoms with Gasteiger partial charge in [0.2, 0.25) is 0 Å². The number of carbonyl (C=O) groups is 1. The normalized spacial score (nSPS) is 13.8. The van der Waals surface area contributed by atoms with Gasteiger partial charge in [0.15, 0.2) is 16.8 Å². The van der Waals surface area contributed by atoms with E-state index in [1.54, 1.807) is 0 Å². The van der Waals surface area contributed by atoms with Gasteiger partial charge >= 0.3 is 0 Å². The van der Waals surface area contributed by atoms with E-state index in [1.165, 1.54) is 35.7 Å². The summed E-state index contributed by atoms with van der Waals surface area (Å²) in [5.41, 5.74) is 3.50. The van der Waals surface area contributed by atoms with Crippen LogP contribution in [0.3, 0.4) is 0 Å². The minimum Gasteiger partial charge on any atom is -0.388 e. The number of thioether (sulfide) groups is 1. The molecule has 1 N–H and O–H groups in total. The summed E-state index contributed by atoms with van der Waals surface area (Å²) in [7, 11) is 0. The number of benzene rings is 1. The molecule has 0 radical (unpaired) electrons. The van der Waals surface area contributed by atoms with E-state index in [9.17, 15) is 9.90 Å². The topological polar surface area (TPSA) is 68.0 Å². The number of aliphatic hydroxyl groups is 1. The molecule has 1 aromatic carbocycles. The molecule has 3 rings (SSSR count). The van der Waals surface area contributed by atoms with Crippen molar-refractivity contribution in [3.05, 3.63) is 40.7 Å². The van der Waals surface area contributed by atoms with E-state index in [1.807, 2.05) is 10.6 Å². The van der Waals surface area contributed by atoms with Gasteiger partial charge in [0, 0.05) is 12.1 Å². The number of carbonyl (C=O) groups excluding carboxylic acids is 1. The van der Waals surface area contributed by atoms with Gasteiger partial charge in [0.25, 0.3) is 0 Å². The Morgan fingerprint density at radius 2 is 2.04 bits per heavy atom. The number of rotatable bonds is 7. The zero-order valence-corrected chi connectivity index (χ0v) is 14.8. The Morgan fingerprint density at radius 1 is 1.25 bits per heavy atom. The summed E-state index contributed by atoms with van der Waals surface area (Å²) < 4.78 is 1.89. The van der Waals surface area contributed by atoms with Crippen LogP contribution < -0.4 is 0 Å². The second kappa shape index (κ2) is 7.94. The molecule has 128 valence electrons. The van der Waals surface area contributed by atoms with Crippen molar-refractivity contribution in [1.29, 1.82) is 0 Å². The number of hydrogen-bond acceptors (Lipinski definition) is 5. The smallest absolute Gasteiger partial charge is 0.191 e. The molecule has 1 aromatic heterocycles. The molecular weight excluding hydrogens is 322 g/mol. The predicted molar refractivity (Wildman–Crippen MR) is 94.4 cm³/mol. The Hall–Kier alpha value is -1.66. The lowest BCUT2D eigenvalue weighted by molar-refractivity contribution is 0.102. The molecule has 5 nitrogen and oxygen atoms in total. The zero-order valence-electron chi connectivity index (χ0n) is 14.0. The number of hydrogen-bond donors (Lipinski definition) is 1. The fourth-order valence-corrected chi connectivity index (χ4v) is 3.99. The van der Waals surface area contributed by atoms with E-state index in [4.69, 9.17) is 0 Å². The first-order valence-electron chi connectivity index (χ1n) is 8.53. The molecule has 24 heavy (non-hydrogen) atoms. The third kappa shape index (κ3) is 3.70. The summed E-state index contributed by atoms with van der Waals surface area (Å²) in [5.74, 6) is 1.01. The van der Waals surface area contributed by atoms with Crippen LogP contribution in [0, 0.1) is 0 Å². The number of Topliss-reactive ketones (excluding diaryl/α,β-unsaturated/α-hetero) is 1. The number of nitrogens with zero attached hydrogens (tertiary/aromatic N) is 3. The number of ketones is 1. The summed E-state index contributed by atoms with van der Waals surface area (Å²) in [6.45, 7) is 2.68. The summed E-state index contributed by atoms with van der Waals surface area (Å²) in [4.78, 5) is 12.5. The third-order valence-corrected chi connectivity index (χ3v) is 5.35. The lowest BCUT2D eigenvalue weighted by Gasteiger charge is -2.16. The van der Waals surface area contributed by atoms with Crippen molar-refractivity contribution in [1.82, 2.24) is 14.8 Å². The molecule has 0 spiro atoms. The van der Waals surface area contributed by atoms with Gasteiger partial charge in [-0.1, -0.05) is 30.8 Å². The van der Waals surface area contributed by atoms with Crippen LogP contribution in [0.5, 0.6) is 0 Å². The first-order valence-corrected chi connectivity index (χ1v) is 9.52. The highest BCUT2D eigenvalue weighted by Gasteiger charge is 2.16. The molecule has 0 saturated heterocycles. The van der Waals surface area contributed by atoms with Crippen molar-refractivity contribution >= 4 is 17.5 Å². The Labute approximate surface area is 146 Å². The van der Waals surface area contributed by atoms with E-state index in [0.717, 1.165) is 31.4 Å². The fourth-order valence-electron chi connectivity index (χ4n) is 3.11. The molecule has 0 amide bonds. The van der Waals surface area contributed by atoms with Crippen LogP contribution >= 0.6 is 11.8 Å². The third-order valence-electron chi connectivity index (χ3n) is 4.38. The maximum Gasteiger partial charge on any atom is 0.191 e. The molecule has 0 bridgehead atoms. The molecule has 2 aromatic rings. The molecule has 1 aliphatic carbocycles. The van der Waals surface area contributed by atoms with Crippen molar-refractivity contribution in [3.63, 3.8) is 0 Å². The van der Waals surface area contributed by atoms with Crippen LogP contribution in [-0.4, -0.2) is 31.4 Å². The zero-order chi connectivity index (χ0) is 16.9. The highest BCUT2D eigenvalue weighted by molar-refractivity contribution is 7.99. The Morgan fingerprint density at radius 3 is 2.79 bits per heavy atom. The molecule has 0 fully saturated rings. The summed E-state index contributed by atoms with van der Waals surface area (Å²) in [6, 6.07) is 6.12. The van der Waals surface area contributed by atoms with Crippen molar-refractivity contribution in [2.75, 3.05) is 5.75 Å². The second-order valence-corrected chi connectivity index (χ2v) is 7.05. The standard InChI is InChI=1S/C18H23N3O2S/c1-2-9-21-17(11-22)19-20-18(21)24-12-16(23)15-8-7-13-5-3-4-6-14(13)10-15/h7-8,10,22H,2-6,9,11-12H2,1H3. The summed E-state index contributed by atoms with van der Waals surface area (Å²) >= 11 is 1.39. The van der Waals surface area contributed by atoms with E-state index < -0.39 is 0 Å². The summed E-state index contributed by atoms with van der Waals surface area (Å²) in [5, 5.41) is 18.1. The molecule has 0 saturated carbocycles. The van der Waals surface area contributed by atoms with E-state index >= 15 is 0 Å². The minimum absolute atomic E-state index is 0.116. The second-order valence-electron chi connectivity index (χ2n) is 6.11. The van der Waals surface area contributed by atoms with E-state index in [2.05, 4.69) is 29.3 Å². The molecule has 0 unspecified atom stereocenters. The van der Waals surface area contributed by atoms with Gasteiger partial charge in [-0.05, 0) is 49.3 Å². The maximum absolute atomic E-state index is 12.5. The van der Waals surface area contributed by atoms with Crippen molar-refractivity contribution in [3.8, 4) is 0 Å². The van der Waals surface area contributed by atoms with Gasteiger partial charge in [0.05, 0.1) is 5.75 Å². The van der Waals surface area contributed by atoms with Gasteiger partial charge in [-0.15, -0.1) is 10.2 Å². The molecule has 1 aliphatic rings. The largest absolute Gasteiger partial charge is 0.388 e. The lowest BCUT2D eigenvalue weighted by Crippen LogP contribution is -2.09. The number of aromatic nitrogens is 3. The molecule has 0 atom stereocenters. The quantitative estimate of drug-likeness (QED) is 0.617. The molecule has 1 heterocycles. The Kier molecular flexibility index (Phi) is 5.68. The van der Waals surface area contributed by atoms with E-state index in [0.29, 0.717) is 16.7 Å². The van der Waals surface area contributed by atoms with Gasteiger partial charge < -0.3 is 9.67 Å². The first-order chi connectivity index (χ1) is 11.7. The molecule has 0 aliphatic heterocycles. The highest BCUT2D eigenvalue weighted by atomic mass is 32.2. The van der Waals surface area contributed by atoms with Gasteiger partial charge in [-0.25, -0.2) is 0 Å². The van der Waals surface area contributed by atoms with Gasteiger partial charge in [-0.2, -0.15) is 0 Å². The minimum atomic E-state index is -0.133. The number of aliphatic hydroxyl groups excluding tert-OH is 1. The van der Waals surface area contributed by atoms with Crippen LogP contribution in [0.25, 0.3) is 0 Å². The monoisotopic (exact) mass is 345 g/mol. The molecule has 6 heteroatoms. The highest BCUT2D eigenvalue weighted by Crippen LogP contribution is 2.24. The average molecular weight is 345 g/mol. The van der Waals surface area contributed by atoms with Crippen molar-refractivity contribution in [2.24, 2.45) is 0 Å². The number of aryl methyl sites for hydroxylation is 2. The molecular formula is C18H23N3O2S. The van der Waals surface area contributed by atoms with Gasteiger partial charge in [-0.3, -0.25) is 4.79 Å². The van der Waals surface area contributed by atoms with Crippen molar-refractivity contribution < 1.29 is 9.90 Å². The maximum atomic E-state index is 12.5. The van der Waals surface area contributed by atoms with Crippen LogP contribution in [0.2, 0.25) is 0 Å².